The summed E-state index contributed by atoms with van der Waals surface area (Å²) in [6.45, 7) is 6.25. The Hall–Kier alpha value is -2.95. The van der Waals surface area contributed by atoms with Crippen molar-refractivity contribution in [1.82, 2.24) is 10.1 Å². The summed E-state index contributed by atoms with van der Waals surface area (Å²) < 4.78 is 10.8. The Morgan fingerprint density at radius 3 is 2.24 bits per heavy atom. The Bertz CT molecular complexity index is 847. The van der Waals surface area contributed by atoms with Crippen molar-refractivity contribution in [3.8, 4) is 5.75 Å². The first-order chi connectivity index (χ1) is 11.9. The SMILES string of the molecule is CC(C)(C)c1noc(COc2ccc(C(=O)c3ccccc3)cc2)n1. The van der Waals surface area contributed by atoms with Gasteiger partial charge in [-0.1, -0.05) is 56.3 Å². The quantitative estimate of drug-likeness (QED) is 0.654. The molecule has 1 aromatic heterocycles. The summed E-state index contributed by atoms with van der Waals surface area (Å²) in [5, 5.41) is 3.96. The van der Waals surface area contributed by atoms with Crippen LogP contribution in [-0.4, -0.2) is 15.9 Å². The number of hydrogen-bond donors (Lipinski definition) is 0. The summed E-state index contributed by atoms with van der Waals surface area (Å²) in [6, 6.07) is 16.2. The molecule has 2 aromatic carbocycles. The van der Waals surface area contributed by atoms with Crippen LogP contribution >= 0.6 is 0 Å². The minimum Gasteiger partial charge on any atom is -0.484 e. The van der Waals surface area contributed by atoms with E-state index in [1.165, 1.54) is 0 Å². The lowest BCUT2D eigenvalue weighted by Gasteiger charge is -2.10. The monoisotopic (exact) mass is 336 g/mol. The van der Waals surface area contributed by atoms with Gasteiger partial charge < -0.3 is 9.26 Å². The summed E-state index contributed by atoms with van der Waals surface area (Å²) in [5.74, 6) is 1.70. The third-order valence-corrected chi connectivity index (χ3v) is 3.65. The molecule has 0 aliphatic carbocycles. The number of rotatable bonds is 5. The number of carbonyl (C=O) groups excluding carboxylic acids is 1. The molecule has 0 fully saturated rings. The topological polar surface area (TPSA) is 65.2 Å². The largest absolute Gasteiger partial charge is 0.484 e. The molecule has 0 amide bonds. The van der Waals surface area contributed by atoms with Gasteiger partial charge in [0, 0.05) is 16.5 Å². The van der Waals surface area contributed by atoms with Crippen molar-refractivity contribution in [2.45, 2.75) is 32.8 Å². The number of carbonyl (C=O) groups is 1. The summed E-state index contributed by atoms with van der Waals surface area (Å²) >= 11 is 0. The van der Waals surface area contributed by atoms with E-state index in [4.69, 9.17) is 9.26 Å². The van der Waals surface area contributed by atoms with Gasteiger partial charge in [-0.05, 0) is 24.3 Å². The number of aromatic nitrogens is 2. The second kappa shape index (κ2) is 6.89. The molecule has 0 spiro atoms. The van der Waals surface area contributed by atoms with Crippen LogP contribution < -0.4 is 4.74 Å². The molecule has 0 bridgehead atoms. The van der Waals surface area contributed by atoms with Crippen molar-refractivity contribution in [2.75, 3.05) is 0 Å². The molecule has 0 aliphatic heterocycles. The van der Waals surface area contributed by atoms with E-state index < -0.39 is 0 Å². The lowest BCUT2D eigenvalue weighted by Crippen LogP contribution is -2.13. The smallest absolute Gasteiger partial charge is 0.264 e. The molecular formula is C20H20N2O3. The first kappa shape index (κ1) is 16.9. The molecule has 3 aromatic rings. The zero-order chi connectivity index (χ0) is 17.9. The molecule has 0 radical (unpaired) electrons. The van der Waals surface area contributed by atoms with Gasteiger partial charge in [0.2, 0.25) is 0 Å². The van der Waals surface area contributed by atoms with E-state index in [0.29, 0.717) is 28.6 Å². The molecule has 0 saturated carbocycles. The Morgan fingerprint density at radius 2 is 1.64 bits per heavy atom. The summed E-state index contributed by atoms with van der Waals surface area (Å²) in [4.78, 5) is 16.7. The minimum absolute atomic E-state index is 0.0149. The molecule has 0 N–H and O–H groups in total. The van der Waals surface area contributed by atoms with E-state index >= 15 is 0 Å². The van der Waals surface area contributed by atoms with E-state index in [1.807, 2.05) is 39.0 Å². The molecule has 0 atom stereocenters. The summed E-state index contributed by atoms with van der Waals surface area (Å²) in [6.07, 6.45) is 0. The van der Waals surface area contributed by atoms with Crippen LogP contribution in [-0.2, 0) is 12.0 Å². The van der Waals surface area contributed by atoms with E-state index in [1.54, 1.807) is 36.4 Å². The molecule has 25 heavy (non-hydrogen) atoms. The van der Waals surface area contributed by atoms with E-state index in [-0.39, 0.29) is 17.8 Å². The van der Waals surface area contributed by atoms with Crippen LogP contribution in [0.3, 0.4) is 0 Å². The van der Waals surface area contributed by atoms with Gasteiger partial charge in [0.1, 0.15) is 5.75 Å². The number of benzene rings is 2. The Morgan fingerprint density at radius 1 is 1.00 bits per heavy atom. The first-order valence-electron chi connectivity index (χ1n) is 8.09. The Kier molecular flexibility index (Phi) is 4.65. The average molecular weight is 336 g/mol. The Labute approximate surface area is 146 Å². The second-order valence-electron chi connectivity index (χ2n) is 6.77. The number of ketones is 1. The zero-order valence-corrected chi connectivity index (χ0v) is 14.5. The highest BCUT2D eigenvalue weighted by Crippen LogP contribution is 2.20. The zero-order valence-electron chi connectivity index (χ0n) is 14.5. The van der Waals surface area contributed by atoms with Crippen LogP contribution in [0.5, 0.6) is 5.75 Å². The van der Waals surface area contributed by atoms with Gasteiger partial charge in [-0.3, -0.25) is 4.79 Å². The Balaban J connectivity index is 1.63. The molecule has 128 valence electrons. The van der Waals surface area contributed by atoms with E-state index in [9.17, 15) is 4.79 Å². The minimum atomic E-state index is -0.165. The van der Waals surface area contributed by atoms with Gasteiger partial charge >= 0.3 is 0 Å². The highest BCUT2D eigenvalue weighted by molar-refractivity contribution is 6.08. The predicted molar refractivity (Wildman–Crippen MR) is 93.6 cm³/mol. The van der Waals surface area contributed by atoms with Gasteiger partial charge in [0.05, 0.1) is 0 Å². The van der Waals surface area contributed by atoms with Gasteiger partial charge in [-0.2, -0.15) is 4.98 Å². The molecule has 5 heteroatoms. The number of nitrogens with zero attached hydrogens (tertiary/aromatic N) is 2. The predicted octanol–water partition coefficient (Wildman–Crippen LogP) is 4.18. The van der Waals surface area contributed by atoms with Gasteiger partial charge in [0.25, 0.3) is 5.89 Å². The molecule has 1 heterocycles. The normalized spacial score (nSPS) is 11.3. The fourth-order valence-corrected chi connectivity index (χ4v) is 2.22. The van der Waals surface area contributed by atoms with Crippen molar-refractivity contribution >= 4 is 5.78 Å². The molecule has 0 saturated heterocycles. The van der Waals surface area contributed by atoms with Crippen LogP contribution in [0, 0.1) is 0 Å². The first-order valence-corrected chi connectivity index (χ1v) is 8.09. The maximum atomic E-state index is 12.4. The van der Waals surface area contributed by atoms with Crippen LogP contribution in [0.2, 0.25) is 0 Å². The van der Waals surface area contributed by atoms with Crippen molar-refractivity contribution in [1.29, 1.82) is 0 Å². The lowest BCUT2D eigenvalue weighted by atomic mass is 9.96. The second-order valence-corrected chi connectivity index (χ2v) is 6.77. The highest BCUT2D eigenvalue weighted by Gasteiger charge is 2.21. The van der Waals surface area contributed by atoms with Crippen LogP contribution in [0.25, 0.3) is 0 Å². The summed E-state index contributed by atoms with van der Waals surface area (Å²) in [5.41, 5.74) is 1.12. The highest BCUT2D eigenvalue weighted by atomic mass is 16.5. The van der Waals surface area contributed by atoms with Crippen molar-refractivity contribution in [3.63, 3.8) is 0 Å². The number of hydrogen-bond acceptors (Lipinski definition) is 5. The molecule has 3 rings (SSSR count). The van der Waals surface area contributed by atoms with Gasteiger partial charge in [-0.15, -0.1) is 0 Å². The van der Waals surface area contributed by atoms with Crippen LogP contribution in [0.15, 0.2) is 59.1 Å². The maximum Gasteiger partial charge on any atom is 0.264 e. The third-order valence-electron chi connectivity index (χ3n) is 3.65. The van der Waals surface area contributed by atoms with Gasteiger partial charge in [-0.25, -0.2) is 0 Å². The van der Waals surface area contributed by atoms with Crippen molar-refractivity contribution in [2.24, 2.45) is 0 Å². The van der Waals surface area contributed by atoms with E-state index in [0.717, 1.165) is 0 Å². The van der Waals surface area contributed by atoms with Crippen molar-refractivity contribution < 1.29 is 14.1 Å². The maximum absolute atomic E-state index is 12.4. The molecule has 0 aliphatic rings. The number of ether oxygens (including phenoxy) is 1. The lowest BCUT2D eigenvalue weighted by molar-refractivity contribution is 0.103. The van der Waals surface area contributed by atoms with E-state index in [2.05, 4.69) is 10.1 Å². The van der Waals surface area contributed by atoms with Crippen LogP contribution in [0.1, 0.15) is 48.4 Å². The average Bonchev–Trinajstić information content (AvgIpc) is 3.10. The fourth-order valence-electron chi connectivity index (χ4n) is 2.22. The van der Waals surface area contributed by atoms with Crippen molar-refractivity contribution in [3.05, 3.63) is 77.4 Å². The fraction of sp³-hybridized carbons (Fsp3) is 0.250. The molecule has 0 unspecified atom stereocenters. The van der Waals surface area contributed by atoms with Gasteiger partial charge in [0.15, 0.2) is 18.2 Å². The standard InChI is InChI=1S/C20H20N2O3/c1-20(2,3)19-21-17(25-22-19)13-24-16-11-9-15(10-12-16)18(23)14-7-5-4-6-8-14/h4-12H,13H2,1-3H3. The molecular weight excluding hydrogens is 316 g/mol. The third kappa shape index (κ3) is 4.12. The molecule has 5 nitrogen and oxygen atoms in total. The van der Waals surface area contributed by atoms with Crippen LogP contribution in [0.4, 0.5) is 0 Å². The summed E-state index contributed by atoms with van der Waals surface area (Å²) in [7, 11) is 0.